The van der Waals surface area contributed by atoms with E-state index in [9.17, 15) is 4.39 Å². The van der Waals surface area contributed by atoms with Gasteiger partial charge in [-0.3, -0.25) is 9.88 Å². The second-order valence-electron chi connectivity index (χ2n) is 5.29. The molecule has 2 heterocycles. The van der Waals surface area contributed by atoms with E-state index in [-0.39, 0.29) is 5.82 Å². The third-order valence-electron chi connectivity index (χ3n) is 4.06. The number of aromatic nitrogens is 1. The van der Waals surface area contributed by atoms with E-state index in [1.807, 2.05) is 0 Å². The lowest BCUT2D eigenvalue weighted by Gasteiger charge is -2.36. The van der Waals surface area contributed by atoms with E-state index < -0.39 is 0 Å². The molecule has 0 spiro atoms. The molecule has 0 bridgehead atoms. The highest BCUT2D eigenvalue weighted by atomic mass is 79.9. The summed E-state index contributed by atoms with van der Waals surface area (Å²) in [5.41, 5.74) is 1.55. The van der Waals surface area contributed by atoms with Crippen molar-refractivity contribution in [2.24, 2.45) is 0 Å². The normalized spacial score (nSPS) is 24.5. The van der Waals surface area contributed by atoms with Gasteiger partial charge in [-0.25, -0.2) is 4.39 Å². The van der Waals surface area contributed by atoms with Crippen LogP contribution in [0.4, 0.5) is 4.39 Å². The zero-order chi connectivity index (χ0) is 13.9. The monoisotopic (exact) mass is 340 g/mol. The van der Waals surface area contributed by atoms with Crippen LogP contribution in [0.25, 0.3) is 5.57 Å². The van der Waals surface area contributed by atoms with Crippen molar-refractivity contribution in [1.82, 2.24) is 9.88 Å². The van der Waals surface area contributed by atoms with Crippen molar-refractivity contribution < 1.29 is 9.13 Å². The summed E-state index contributed by atoms with van der Waals surface area (Å²) < 4.78 is 20.0. The van der Waals surface area contributed by atoms with E-state index in [0.717, 1.165) is 51.1 Å². The average molecular weight is 341 g/mol. The SMILES string of the molecule is Fc1cc(Br)cnc1C1=CCC(N2CCOCC2)CC1. The first-order chi connectivity index (χ1) is 9.74. The number of allylic oxidation sites excluding steroid dienone is 1. The number of morpholine rings is 1. The van der Waals surface area contributed by atoms with E-state index in [4.69, 9.17) is 4.74 Å². The second kappa shape index (κ2) is 6.33. The van der Waals surface area contributed by atoms with Crippen LogP contribution in [0.15, 0.2) is 22.8 Å². The fourth-order valence-electron chi connectivity index (χ4n) is 2.96. The molecular weight excluding hydrogens is 323 g/mol. The zero-order valence-corrected chi connectivity index (χ0v) is 12.9. The summed E-state index contributed by atoms with van der Waals surface area (Å²) in [4.78, 5) is 6.70. The molecule has 1 aromatic heterocycles. The van der Waals surface area contributed by atoms with Gasteiger partial charge >= 0.3 is 0 Å². The molecule has 0 N–H and O–H groups in total. The van der Waals surface area contributed by atoms with Gasteiger partial charge in [-0.05, 0) is 46.8 Å². The van der Waals surface area contributed by atoms with Gasteiger partial charge in [0.05, 0.1) is 13.2 Å². The van der Waals surface area contributed by atoms with Gasteiger partial charge in [-0.15, -0.1) is 0 Å². The Balaban J connectivity index is 1.70. The van der Waals surface area contributed by atoms with Crippen molar-refractivity contribution >= 4 is 21.5 Å². The van der Waals surface area contributed by atoms with Crippen LogP contribution in [0.1, 0.15) is 25.0 Å². The number of rotatable bonds is 2. The number of hydrogen-bond acceptors (Lipinski definition) is 3. The quantitative estimate of drug-likeness (QED) is 0.826. The highest BCUT2D eigenvalue weighted by Crippen LogP contribution is 2.30. The molecule has 1 aliphatic carbocycles. The van der Waals surface area contributed by atoms with E-state index in [1.54, 1.807) is 6.20 Å². The van der Waals surface area contributed by atoms with Crippen LogP contribution >= 0.6 is 15.9 Å². The standard InChI is InChI=1S/C15H18BrFN2O/c16-12-9-14(17)15(18-10-12)11-1-3-13(4-2-11)19-5-7-20-8-6-19/h1,9-10,13H,2-8H2. The minimum absolute atomic E-state index is 0.240. The molecule has 2 aliphatic rings. The van der Waals surface area contributed by atoms with Crippen LogP contribution in [0.2, 0.25) is 0 Å². The Hall–Kier alpha value is -0.780. The van der Waals surface area contributed by atoms with Gasteiger partial charge in [0.1, 0.15) is 11.5 Å². The van der Waals surface area contributed by atoms with E-state index in [2.05, 4.69) is 31.9 Å². The van der Waals surface area contributed by atoms with Crippen molar-refractivity contribution in [3.05, 3.63) is 34.3 Å². The summed E-state index contributed by atoms with van der Waals surface area (Å²) in [6, 6.07) is 2.05. The van der Waals surface area contributed by atoms with Crippen molar-refractivity contribution in [2.45, 2.75) is 25.3 Å². The summed E-state index contributed by atoms with van der Waals surface area (Å²) in [5, 5.41) is 0. The van der Waals surface area contributed by atoms with Gasteiger partial charge < -0.3 is 4.74 Å². The number of hydrogen-bond donors (Lipinski definition) is 0. The van der Waals surface area contributed by atoms with Crippen LogP contribution in [0, 0.1) is 5.82 Å². The first-order valence-corrected chi connectivity index (χ1v) is 7.85. The zero-order valence-electron chi connectivity index (χ0n) is 11.3. The lowest BCUT2D eigenvalue weighted by molar-refractivity contribution is 0.0150. The second-order valence-corrected chi connectivity index (χ2v) is 6.21. The Labute approximate surface area is 127 Å². The van der Waals surface area contributed by atoms with Gasteiger partial charge in [-0.1, -0.05) is 6.08 Å². The van der Waals surface area contributed by atoms with Crippen molar-refractivity contribution in [2.75, 3.05) is 26.3 Å². The molecule has 108 valence electrons. The third kappa shape index (κ3) is 3.10. The first-order valence-electron chi connectivity index (χ1n) is 7.06. The summed E-state index contributed by atoms with van der Waals surface area (Å²) >= 11 is 3.24. The van der Waals surface area contributed by atoms with E-state index in [0.29, 0.717) is 16.2 Å². The smallest absolute Gasteiger partial charge is 0.150 e. The molecule has 5 heteroatoms. The molecular formula is C15H18BrFN2O. The van der Waals surface area contributed by atoms with Crippen LogP contribution in [0.3, 0.4) is 0 Å². The van der Waals surface area contributed by atoms with Gasteiger partial charge in [0, 0.05) is 29.8 Å². The fraction of sp³-hybridized carbons (Fsp3) is 0.533. The Morgan fingerprint density at radius 3 is 2.80 bits per heavy atom. The van der Waals surface area contributed by atoms with Gasteiger partial charge in [0.2, 0.25) is 0 Å². The molecule has 0 amide bonds. The lowest BCUT2D eigenvalue weighted by Crippen LogP contribution is -2.44. The molecule has 3 nitrogen and oxygen atoms in total. The van der Waals surface area contributed by atoms with Crippen molar-refractivity contribution in [1.29, 1.82) is 0 Å². The molecule has 0 aromatic carbocycles. The molecule has 1 aromatic rings. The molecule has 1 fully saturated rings. The van der Waals surface area contributed by atoms with Gasteiger partial charge in [0.25, 0.3) is 0 Å². The Bertz CT molecular complexity index is 515. The maximum absolute atomic E-state index is 13.9. The topological polar surface area (TPSA) is 25.4 Å². The Morgan fingerprint density at radius 2 is 2.15 bits per heavy atom. The minimum atomic E-state index is -0.240. The van der Waals surface area contributed by atoms with E-state index >= 15 is 0 Å². The summed E-state index contributed by atoms with van der Waals surface area (Å²) in [6.45, 7) is 3.68. The van der Waals surface area contributed by atoms with Gasteiger partial charge in [0.15, 0.2) is 0 Å². The maximum atomic E-state index is 13.9. The Kier molecular flexibility index (Phi) is 4.48. The molecule has 1 unspecified atom stereocenters. The molecule has 3 rings (SSSR count). The van der Waals surface area contributed by atoms with Crippen LogP contribution in [-0.4, -0.2) is 42.2 Å². The molecule has 1 saturated heterocycles. The number of nitrogens with zero attached hydrogens (tertiary/aromatic N) is 2. The Morgan fingerprint density at radius 1 is 1.35 bits per heavy atom. The third-order valence-corrected chi connectivity index (χ3v) is 4.49. The molecule has 0 radical (unpaired) electrons. The molecule has 1 aliphatic heterocycles. The summed E-state index contributed by atoms with van der Waals surface area (Å²) in [5.74, 6) is -0.240. The van der Waals surface area contributed by atoms with Crippen LogP contribution in [0.5, 0.6) is 0 Å². The van der Waals surface area contributed by atoms with E-state index in [1.165, 1.54) is 6.07 Å². The van der Waals surface area contributed by atoms with Gasteiger partial charge in [-0.2, -0.15) is 0 Å². The number of halogens is 2. The molecule has 1 atom stereocenters. The average Bonchev–Trinajstić information content (AvgIpc) is 2.48. The summed E-state index contributed by atoms with van der Waals surface area (Å²) in [7, 11) is 0. The van der Waals surface area contributed by atoms with Crippen molar-refractivity contribution in [3.8, 4) is 0 Å². The lowest BCUT2D eigenvalue weighted by atomic mass is 9.91. The number of ether oxygens (including phenoxy) is 1. The highest BCUT2D eigenvalue weighted by Gasteiger charge is 2.24. The fourth-order valence-corrected chi connectivity index (χ4v) is 3.26. The van der Waals surface area contributed by atoms with Crippen LogP contribution < -0.4 is 0 Å². The summed E-state index contributed by atoms with van der Waals surface area (Å²) in [6.07, 6.45) is 6.76. The highest BCUT2D eigenvalue weighted by molar-refractivity contribution is 9.10. The van der Waals surface area contributed by atoms with Crippen LogP contribution in [-0.2, 0) is 4.74 Å². The molecule has 20 heavy (non-hydrogen) atoms. The largest absolute Gasteiger partial charge is 0.379 e. The van der Waals surface area contributed by atoms with Crippen molar-refractivity contribution in [3.63, 3.8) is 0 Å². The molecule has 0 saturated carbocycles. The first kappa shape index (κ1) is 14.2. The predicted molar refractivity (Wildman–Crippen MR) is 79.9 cm³/mol. The predicted octanol–water partition coefficient (Wildman–Crippen LogP) is 3.25. The maximum Gasteiger partial charge on any atom is 0.150 e. The minimum Gasteiger partial charge on any atom is -0.379 e. The number of pyridine rings is 1.